The first-order valence-electron chi connectivity index (χ1n) is 7.45. The Labute approximate surface area is 128 Å². The maximum atomic E-state index is 6.08. The van der Waals surface area contributed by atoms with E-state index >= 15 is 0 Å². The Kier molecular flexibility index (Phi) is 3.08. The molecule has 0 bridgehead atoms. The zero-order valence-corrected chi connectivity index (χ0v) is 12.4. The van der Waals surface area contributed by atoms with Gasteiger partial charge in [0.1, 0.15) is 5.75 Å². The van der Waals surface area contributed by atoms with E-state index in [0.29, 0.717) is 13.2 Å². The van der Waals surface area contributed by atoms with Crippen molar-refractivity contribution < 1.29 is 9.47 Å². The Hall–Kier alpha value is -2.40. The van der Waals surface area contributed by atoms with Crippen molar-refractivity contribution in [3.8, 4) is 16.9 Å². The SMILES string of the molecule is CCC1(Oc2ccc(-c3cnc4ccnn4c3)cc2)COC1. The summed E-state index contributed by atoms with van der Waals surface area (Å²) in [6.07, 6.45) is 6.54. The Balaban J connectivity index is 1.58. The molecule has 1 aliphatic rings. The van der Waals surface area contributed by atoms with E-state index < -0.39 is 0 Å². The van der Waals surface area contributed by atoms with Crippen LogP contribution < -0.4 is 4.74 Å². The standard InChI is InChI=1S/C17H17N3O2/c1-2-17(11-21-12-17)22-15-5-3-13(4-6-15)14-9-18-16-7-8-19-20(16)10-14/h3-10H,2,11-12H2,1H3. The predicted molar refractivity (Wildman–Crippen MR) is 82.9 cm³/mol. The summed E-state index contributed by atoms with van der Waals surface area (Å²) in [4.78, 5) is 4.39. The fraction of sp³-hybridized carbons (Fsp3) is 0.294. The fourth-order valence-corrected chi connectivity index (χ4v) is 2.59. The molecule has 5 heteroatoms. The third-order valence-corrected chi connectivity index (χ3v) is 4.14. The highest BCUT2D eigenvalue weighted by atomic mass is 16.6. The van der Waals surface area contributed by atoms with Gasteiger partial charge in [-0.2, -0.15) is 5.10 Å². The monoisotopic (exact) mass is 295 g/mol. The van der Waals surface area contributed by atoms with Crippen LogP contribution in [0.4, 0.5) is 0 Å². The molecule has 3 heterocycles. The smallest absolute Gasteiger partial charge is 0.155 e. The van der Waals surface area contributed by atoms with E-state index in [1.54, 1.807) is 10.7 Å². The molecule has 1 aromatic carbocycles. The van der Waals surface area contributed by atoms with Crippen LogP contribution >= 0.6 is 0 Å². The molecule has 0 saturated carbocycles. The maximum absolute atomic E-state index is 6.08. The number of benzene rings is 1. The normalized spacial score (nSPS) is 16.4. The third kappa shape index (κ3) is 2.23. The van der Waals surface area contributed by atoms with Crippen molar-refractivity contribution in [3.63, 3.8) is 0 Å². The molecular weight excluding hydrogens is 278 g/mol. The second-order valence-corrected chi connectivity index (χ2v) is 5.63. The fourth-order valence-electron chi connectivity index (χ4n) is 2.59. The summed E-state index contributed by atoms with van der Waals surface area (Å²) < 4.78 is 13.1. The van der Waals surface area contributed by atoms with Gasteiger partial charge in [-0.25, -0.2) is 9.50 Å². The second-order valence-electron chi connectivity index (χ2n) is 5.63. The molecule has 0 spiro atoms. The van der Waals surface area contributed by atoms with Gasteiger partial charge in [-0.05, 0) is 24.1 Å². The quantitative estimate of drug-likeness (QED) is 0.742. The lowest BCUT2D eigenvalue weighted by molar-refractivity contribution is -0.162. The van der Waals surface area contributed by atoms with E-state index in [2.05, 4.69) is 17.0 Å². The summed E-state index contributed by atoms with van der Waals surface area (Å²) in [5.74, 6) is 0.877. The van der Waals surface area contributed by atoms with Gasteiger partial charge in [0.15, 0.2) is 11.2 Å². The van der Waals surface area contributed by atoms with Gasteiger partial charge in [0.2, 0.25) is 0 Å². The minimum atomic E-state index is -0.142. The molecule has 0 atom stereocenters. The number of rotatable bonds is 4. The van der Waals surface area contributed by atoms with E-state index in [9.17, 15) is 0 Å². The highest BCUT2D eigenvalue weighted by Gasteiger charge is 2.39. The lowest BCUT2D eigenvalue weighted by Gasteiger charge is -2.40. The van der Waals surface area contributed by atoms with Crippen LogP contribution in [0.25, 0.3) is 16.8 Å². The van der Waals surface area contributed by atoms with Crippen molar-refractivity contribution >= 4 is 5.65 Å². The Morgan fingerprint density at radius 3 is 2.68 bits per heavy atom. The lowest BCUT2D eigenvalue weighted by Crippen LogP contribution is -2.53. The van der Waals surface area contributed by atoms with Gasteiger partial charge in [0.25, 0.3) is 0 Å². The number of hydrogen-bond donors (Lipinski definition) is 0. The van der Waals surface area contributed by atoms with Crippen molar-refractivity contribution in [1.29, 1.82) is 0 Å². The van der Waals surface area contributed by atoms with E-state index in [1.807, 2.05) is 42.7 Å². The van der Waals surface area contributed by atoms with Crippen LogP contribution in [-0.2, 0) is 4.74 Å². The summed E-state index contributed by atoms with van der Waals surface area (Å²) in [6, 6.07) is 9.97. The van der Waals surface area contributed by atoms with Crippen LogP contribution in [0, 0.1) is 0 Å². The number of fused-ring (bicyclic) bond motifs is 1. The first-order valence-corrected chi connectivity index (χ1v) is 7.45. The number of nitrogens with zero attached hydrogens (tertiary/aromatic N) is 3. The third-order valence-electron chi connectivity index (χ3n) is 4.14. The minimum absolute atomic E-state index is 0.142. The average molecular weight is 295 g/mol. The Bertz CT molecular complexity index is 786. The van der Waals surface area contributed by atoms with Crippen molar-refractivity contribution in [3.05, 3.63) is 48.9 Å². The summed E-state index contributed by atoms with van der Waals surface area (Å²) in [6.45, 7) is 3.47. The first-order chi connectivity index (χ1) is 10.8. The van der Waals surface area contributed by atoms with Crippen molar-refractivity contribution in [2.45, 2.75) is 18.9 Å². The van der Waals surface area contributed by atoms with Crippen LogP contribution in [0.2, 0.25) is 0 Å². The van der Waals surface area contributed by atoms with Gasteiger partial charge in [0, 0.05) is 24.0 Å². The van der Waals surface area contributed by atoms with Gasteiger partial charge in [-0.15, -0.1) is 0 Å². The summed E-state index contributed by atoms with van der Waals surface area (Å²) in [5.41, 5.74) is 2.82. The maximum Gasteiger partial charge on any atom is 0.155 e. The molecule has 0 amide bonds. The molecule has 112 valence electrons. The lowest BCUT2D eigenvalue weighted by atomic mass is 9.98. The van der Waals surface area contributed by atoms with Crippen LogP contribution in [0.5, 0.6) is 5.75 Å². The van der Waals surface area contributed by atoms with E-state index in [1.165, 1.54) is 0 Å². The molecular formula is C17H17N3O2. The predicted octanol–water partition coefficient (Wildman–Crippen LogP) is 2.95. The number of hydrogen-bond acceptors (Lipinski definition) is 4. The zero-order chi connectivity index (χ0) is 15.0. The first kappa shape index (κ1) is 13.3. The topological polar surface area (TPSA) is 48.7 Å². The summed E-state index contributed by atoms with van der Waals surface area (Å²) in [7, 11) is 0. The van der Waals surface area contributed by atoms with Gasteiger partial charge in [-0.1, -0.05) is 19.1 Å². The minimum Gasteiger partial charge on any atom is -0.482 e. The van der Waals surface area contributed by atoms with Gasteiger partial charge < -0.3 is 9.47 Å². The van der Waals surface area contributed by atoms with Crippen LogP contribution in [0.1, 0.15) is 13.3 Å². The highest BCUT2D eigenvalue weighted by Crippen LogP contribution is 2.30. The molecule has 0 aliphatic carbocycles. The van der Waals surface area contributed by atoms with E-state index in [-0.39, 0.29) is 5.60 Å². The molecule has 0 N–H and O–H groups in total. The molecule has 1 saturated heterocycles. The molecule has 1 fully saturated rings. The molecule has 2 aromatic heterocycles. The molecule has 3 aromatic rings. The van der Waals surface area contributed by atoms with E-state index in [0.717, 1.165) is 28.9 Å². The van der Waals surface area contributed by atoms with Crippen LogP contribution in [0.15, 0.2) is 48.9 Å². The van der Waals surface area contributed by atoms with Crippen molar-refractivity contribution in [2.75, 3.05) is 13.2 Å². The summed E-state index contributed by atoms with van der Waals surface area (Å²) in [5, 5.41) is 4.22. The Morgan fingerprint density at radius 1 is 1.18 bits per heavy atom. The van der Waals surface area contributed by atoms with Gasteiger partial charge in [-0.3, -0.25) is 0 Å². The zero-order valence-electron chi connectivity index (χ0n) is 12.4. The molecule has 22 heavy (non-hydrogen) atoms. The largest absolute Gasteiger partial charge is 0.482 e. The van der Waals surface area contributed by atoms with Crippen molar-refractivity contribution in [2.24, 2.45) is 0 Å². The number of ether oxygens (including phenoxy) is 2. The molecule has 0 unspecified atom stereocenters. The van der Waals surface area contributed by atoms with Gasteiger partial charge >= 0.3 is 0 Å². The Morgan fingerprint density at radius 2 is 2.00 bits per heavy atom. The van der Waals surface area contributed by atoms with Crippen LogP contribution in [-0.4, -0.2) is 33.4 Å². The average Bonchev–Trinajstić information content (AvgIpc) is 2.99. The highest BCUT2D eigenvalue weighted by molar-refractivity contribution is 5.63. The molecule has 4 rings (SSSR count). The van der Waals surface area contributed by atoms with Gasteiger partial charge in [0.05, 0.1) is 19.4 Å². The molecule has 5 nitrogen and oxygen atoms in total. The van der Waals surface area contributed by atoms with Crippen LogP contribution in [0.3, 0.4) is 0 Å². The number of aromatic nitrogens is 3. The van der Waals surface area contributed by atoms with Crippen molar-refractivity contribution in [1.82, 2.24) is 14.6 Å². The van der Waals surface area contributed by atoms with E-state index in [4.69, 9.17) is 9.47 Å². The second kappa shape index (κ2) is 5.10. The molecule has 0 radical (unpaired) electrons. The molecule has 1 aliphatic heterocycles. The summed E-state index contributed by atoms with van der Waals surface area (Å²) >= 11 is 0.